The Bertz CT molecular complexity index is 438. The number of nitrogens with zero attached hydrogens (tertiary/aromatic N) is 1. The van der Waals surface area contributed by atoms with Gasteiger partial charge in [0.15, 0.2) is 0 Å². The minimum Gasteiger partial charge on any atom is -0.444 e. The van der Waals surface area contributed by atoms with Crippen molar-refractivity contribution < 1.29 is 19.1 Å². The summed E-state index contributed by atoms with van der Waals surface area (Å²) < 4.78 is 10.7. The normalized spacial score (nSPS) is 32.3. The molecule has 124 valence electrons. The molecule has 0 spiro atoms. The molecule has 0 aromatic rings. The molecule has 3 heterocycles. The highest BCUT2D eigenvalue weighted by molar-refractivity contribution is 5.84. The van der Waals surface area contributed by atoms with Gasteiger partial charge in [0.1, 0.15) is 11.4 Å². The molecule has 0 saturated carbocycles. The van der Waals surface area contributed by atoms with E-state index in [1.165, 1.54) is 0 Å². The maximum atomic E-state index is 12.5. The van der Waals surface area contributed by atoms with E-state index in [4.69, 9.17) is 9.47 Å². The van der Waals surface area contributed by atoms with Gasteiger partial charge in [0, 0.05) is 18.0 Å². The fourth-order valence-electron chi connectivity index (χ4n) is 3.96. The Kier molecular flexibility index (Phi) is 4.19. The smallest absolute Gasteiger partial charge is 0.410 e. The zero-order chi connectivity index (χ0) is 15.9. The van der Waals surface area contributed by atoms with Crippen LogP contribution in [0.25, 0.3) is 0 Å². The second-order valence-electron chi connectivity index (χ2n) is 7.93. The first kappa shape index (κ1) is 15.8. The highest BCUT2D eigenvalue weighted by atomic mass is 16.6. The third-order valence-corrected chi connectivity index (χ3v) is 5.02. The van der Waals surface area contributed by atoms with Crippen molar-refractivity contribution in [1.82, 2.24) is 4.90 Å². The van der Waals surface area contributed by atoms with Crippen molar-refractivity contribution in [3.63, 3.8) is 0 Å². The highest BCUT2D eigenvalue weighted by Crippen LogP contribution is 2.39. The molecule has 3 aliphatic rings. The van der Waals surface area contributed by atoms with Gasteiger partial charge in [-0.3, -0.25) is 4.79 Å². The zero-order valence-electron chi connectivity index (χ0n) is 13.8. The Morgan fingerprint density at radius 3 is 2.09 bits per heavy atom. The topological polar surface area (TPSA) is 55.8 Å². The van der Waals surface area contributed by atoms with E-state index in [0.717, 1.165) is 32.1 Å². The van der Waals surface area contributed by atoms with Crippen LogP contribution in [0, 0.1) is 11.8 Å². The quantitative estimate of drug-likeness (QED) is 0.787. The minimum atomic E-state index is -0.471. The van der Waals surface area contributed by atoms with Crippen molar-refractivity contribution in [2.45, 2.75) is 70.6 Å². The predicted octanol–water partition coefficient (Wildman–Crippen LogP) is 2.77. The summed E-state index contributed by atoms with van der Waals surface area (Å²) in [5, 5.41) is 0. The lowest BCUT2D eigenvalue weighted by Crippen LogP contribution is -2.57. The summed E-state index contributed by atoms with van der Waals surface area (Å²) in [4.78, 5) is 26.9. The van der Waals surface area contributed by atoms with E-state index in [1.807, 2.05) is 25.7 Å². The first-order valence-electron chi connectivity index (χ1n) is 8.48. The first-order chi connectivity index (χ1) is 10.3. The molecule has 0 aliphatic carbocycles. The third-order valence-electron chi connectivity index (χ3n) is 5.02. The van der Waals surface area contributed by atoms with Crippen molar-refractivity contribution in [3.05, 3.63) is 0 Å². The van der Waals surface area contributed by atoms with Gasteiger partial charge in [-0.2, -0.15) is 0 Å². The number of rotatable bonds is 2. The van der Waals surface area contributed by atoms with E-state index in [1.54, 1.807) is 0 Å². The summed E-state index contributed by atoms with van der Waals surface area (Å²) in [5.41, 5.74) is -0.471. The summed E-state index contributed by atoms with van der Waals surface area (Å²) >= 11 is 0. The van der Waals surface area contributed by atoms with Crippen LogP contribution >= 0.6 is 0 Å². The monoisotopic (exact) mass is 309 g/mol. The van der Waals surface area contributed by atoms with Crippen LogP contribution in [0.2, 0.25) is 0 Å². The average molecular weight is 309 g/mol. The lowest BCUT2D eigenvalue weighted by Gasteiger charge is -2.49. The van der Waals surface area contributed by atoms with E-state index < -0.39 is 5.60 Å². The van der Waals surface area contributed by atoms with Gasteiger partial charge in [0.25, 0.3) is 0 Å². The number of piperidine rings is 2. The zero-order valence-corrected chi connectivity index (χ0v) is 13.8. The van der Waals surface area contributed by atoms with Crippen molar-refractivity contribution in [3.8, 4) is 0 Å². The number of ether oxygens (including phenoxy) is 2. The fraction of sp³-hybridized carbons (Fsp3) is 0.882. The van der Waals surface area contributed by atoms with E-state index in [2.05, 4.69) is 0 Å². The van der Waals surface area contributed by atoms with Gasteiger partial charge in [-0.25, -0.2) is 4.79 Å². The Hall–Kier alpha value is -1.10. The number of carbonyl (C=O) groups is 2. The van der Waals surface area contributed by atoms with Crippen molar-refractivity contribution >= 4 is 11.9 Å². The molecule has 5 heteroatoms. The predicted molar refractivity (Wildman–Crippen MR) is 81.5 cm³/mol. The van der Waals surface area contributed by atoms with Crippen LogP contribution in [0.4, 0.5) is 4.79 Å². The highest BCUT2D eigenvalue weighted by Gasteiger charge is 2.46. The molecule has 0 N–H and O–H groups in total. The molecule has 0 radical (unpaired) electrons. The number of carbonyl (C=O) groups excluding carboxylic acids is 2. The molecule has 22 heavy (non-hydrogen) atoms. The second-order valence-corrected chi connectivity index (χ2v) is 7.93. The van der Waals surface area contributed by atoms with Crippen LogP contribution in [0.1, 0.15) is 52.9 Å². The molecule has 2 bridgehead atoms. The van der Waals surface area contributed by atoms with Gasteiger partial charge < -0.3 is 14.4 Å². The number of hydrogen-bond acceptors (Lipinski definition) is 4. The second kappa shape index (κ2) is 5.84. The minimum absolute atomic E-state index is 0.0961. The number of Topliss-reactive ketones (excluding diaryl/α,β-unsaturated/α-hetero) is 1. The lowest BCUT2D eigenvalue weighted by atomic mass is 9.74. The fourth-order valence-corrected chi connectivity index (χ4v) is 3.96. The van der Waals surface area contributed by atoms with E-state index in [0.29, 0.717) is 19.0 Å². The average Bonchev–Trinajstić information content (AvgIpc) is 2.32. The van der Waals surface area contributed by atoms with Crippen LogP contribution in [-0.4, -0.2) is 47.7 Å². The van der Waals surface area contributed by atoms with Crippen LogP contribution < -0.4 is 0 Å². The molecule has 0 aromatic heterocycles. The summed E-state index contributed by atoms with van der Waals surface area (Å²) in [7, 11) is 0. The summed E-state index contributed by atoms with van der Waals surface area (Å²) in [6.07, 6.45) is 4.50. The summed E-state index contributed by atoms with van der Waals surface area (Å²) in [6.45, 7) is 6.86. The largest absolute Gasteiger partial charge is 0.444 e. The molecular formula is C17H27NO4. The lowest BCUT2D eigenvalue weighted by molar-refractivity contribution is -0.144. The van der Waals surface area contributed by atoms with Crippen LogP contribution in [0.3, 0.4) is 0 Å². The van der Waals surface area contributed by atoms with Gasteiger partial charge in [-0.05, 0) is 52.9 Å². The first-order valence-corrected chi connectivity index (χ1v) is 8.48. The van der Waals surface area contributed by atoms with Crippen molar-refractivity contribution in [2.24, 2.45) is 11.8 Å². The standard InChI is InChI=1S/C17H27NO4/c1-17(2,3)22-16(20)18-13-5-4-6-14(18)8-11(7-13)15(19)12-9-21-10-12/h11-14H,4-10H2,1-3H3. The maximum absolute atomic E-state index is 12.5. The molecule has 1 amide bonds. The SMILES string of the molecule is CC(C)(C)OC(=O)N1C2CCCC1CC(C(=O)C1COC1)C2. The van der Waals surface area contributed by atoms with E-state index in [-0.39, 0.29) is 30.0 Å². The number of ketones is 1. The van der Waals surface area contributed by atoms with Crippen LogP contribution in [0.5, 0.6) is 0 Å². The third kappa shape index (κ3) is 3.14. The molecule has 5 nitrogen and oxygen atoms in total. The molecule has 2 unspecified atom stereocenters. The molecule has 2 atom stereocenters. The Morgan fingerprint density at radius 1 is 1.05 bits per heavy atom. The molecule has 3 rings (SSSR count). The number of amides is 1. The van der Waals surface area contributed by atoms with Gasteiger partial charge in [0.05, 0.1) is 19.1 Å². The Labute approximate surface area is 132 Å². The van der Waals surface area contributed by atoms with E-state index >= 15 is 0 Å². The molecule has 3 aliphatic heterocycles. The molecular weight excluding hydrogens is 282 g/mol. The molecule has 3 fully saturated rings. The maximum Gasteiger partial charge on any atom is 0.410 e. The van der Waals surface area contributed by atoms with Crippen LogP contribution in [-0.2, 0) is 14.3 Å². The van der Waals surface area contributed by atoms with Crippen molar-refractivity contribution in [2.75, 3.05) is 13.2 Å². The van der Waals surface area contributed by atoms with Gasteiger partial charge in [-0.1, -0.05) is 0 Å². The Balaban J connectivity index is 1.68. The van der Waals surface area contributed by atoms with Gasteiger partial charge in [0.2, 0.25) is 0 Å². The summed E-state index contributed by atoms with van der Waals surface area (Å²) in [6, 6.07) is 0.328. The van der Waals surface area contributed by atoms with Gasteiger partial charge in [-0.15, -0.1) is 0 Å². The van der Waals surface area contributed by atoms with E-state index in [9.17, 15) is 9.59 Å². The number of hydrogen-bond donors (Lipinski definition) is 0. The Morgan fingerprint density at radius 2 is 1.64 bits per heavy atom. The van der Waals surface area contributed by atoms with Crippen molar-refractivity contribution in [1.29, 1.82) is 0 Å². The molecule has 0 aromatic carbocycles. The summed E-state index contributed by atoms with van der Waals surface area (Å²) in [5.74, 6) is 0.550. The van der Waals surface area contributed by atoms with Crippen LogP contribution in [0.15, 0.2) is 0 Å². The molecule has 3 saturated heterocycles. The van der Waals surface area contributed by atoms with Gasteiger partial charge >= 0.3 is 6.09 Å². The number of fused-ring (bicyclic) bond motifs is 2.